The third-order valence-electron chi connectivity index (χ3n) is 7.34. The molecule has 176 valence electrons. The Morgan fingerprint density at radius 3 is 2.73 bits per heavy atom. The summed E-state index contributed by atoms with van der Waals surface area (Å²) in [6.07, 6.45) is 9.81. The molecule has 2 saturated carbocycles. The molecule has 1 N–H and O–H groups in total. The number of hydrogen-bond acceptors (Lipinski definition) is 4. The molecule has 1 amide bonds. The molecule has 33 heavy (non-hydrogen) atoms. The average molecular weight is 470 g/mol. The Labute approximate surface area is 200 Å². The number of amides is 1. The first-order valence-electron chi connectivity index (χ1n) is 12.2. The Balaban J connectivity index is 1.28. The predicted octanol–water partition coefficient (Wildman–Crippen LogP) is 6.17. The van der Waals surface area contributed by atoms with Gasteiger partial charge in [-0.05, 0) is 81.2 Å². The molecular formula is C27H32ClNO4. The number of fused-ring (bicyclic) bond motifs is 1. The van der Waals surface area contributed by atoms with E-state index in [2.05, 4.69) is 5.32 Å². The Kier molecular flexibility index (Phi) is 6.42. The van der Waals surface area contributed by atoms with Gasteiger partial charge in [0, 0.05) is 23.4 Å². The van der Waals surface area contributed by atoms with Crippen LogP contribution in [0.3, 0.4) is 0 Å². The Morgan fingerprint density at radius 1 is 1.18 bits per heavy atom. The maximum Gasteiger partial charge on any atom is 0.220 e. The molecule has 3 aliphatic rings. The highest BCUT2D eigenvalue weighted by Gasteiger charge is 2.46. The number of rotatable bonds is 7. The molecular weight excluding hydrogens is 438 g/mol. The van der Waals surface area contributed by atoms with Crippen LogP contribution < -0.4 is 19.5 Å². The zero-order chi connectivity index (χ0) is 22.8. The second-order valence-corrected chi connectivity index (χ2v) is 10.1. The van der Waals surface area contributed by atoms with Gasteiger partial charge in [-0.1, -0.05) is 23.7 Å². The monoisotopic (exact) mass is 469 g/mol. The summed E-state index contributed by atoms with van der Waals surface area (Å²) in [7, 11) is 1.66. The van der Waals surface area contributed by atoms with Crippen LogP contribution in [0.25, 0.3) is 0 Å². The van der Waals surface area contributed by atoms with E-state index in [0.717, 1.165) is 60.5 Å². The molecule has 0 aromatic heterocycles. The van der Waals surface area contributed by atoms with Gasteiger partial charge < -0.3 is 19.5 Å². The average Bonchev–Trinajstić information content (AvgIpc) is 3.30. The molecule has 1 atom stereocenters. The van der Waals surface area contributed by atoms with Gasteiger partial charge in [-0.25, -0.2) is 0 Å². The summed E-state index contributed by atoms with van der Waals surface area (Å²) in [6, 6.07) is 11.5. The SMILES string of the molecule is COc1cccc(CCC(=O)N[C@@H]2CC3(CCC3)Oc3ccc(Cl)cc32)c1OC1CCCC1. The van der Waals surface area contributed by atoms with Crippen LogP contribution in [0, 0.1) is 0 Å². The molecule has 2 aliphatic carbocycles. The fourth-order valence-corrected chi connectivity index (χ4v) is 5.57. The molecule has 1 aliphatic heterocycles. The van der Waals surface area contributed by atoms with Crippen LogP contribution in [0.2, 0.25) is 5.02 Å². The summed E-state index contributed by atoms with van der Waals surface area (Å²) in [5, 5.41) is 3.93. The van der Waals surface area contributed by atoms with Gasteiger partial charge >= 0.3 is 0 Å². The van der Waals surface area contributed by atoms with Crippen molar-refractivity contribution in [1.29, 1.82) is 0 Å². The number of carbonyl (C=O) groups excluding carboxylic acids is 1. The quantitative estimate of drug-likeness (QED) is 0.527. The Morgan fingerprint density at radius 2 is 2.00 bits per heavy atom. The number of nitrogens with one attached hydrogen (secondary N) is 1. The van der Waals surface area contributed by atoms with Crippen molar-refractivity contribution < 1.29 is 19.0 Å². The molecule has 6 heteroatoms. The van der Waals surface area contributed by atoms with Crippen molar-refractivity contribution in [2.75, 3.05) is 7.11 Å². The fourth-order valence-electron chi connectivity index (χ4n) is 5.39. The summed E-state index contributed by atoms with van der Waals surface area (Å²) in [4.78, 5) is 13.1. The first-order chi connectivity index (χ1) is 16.0. The van der Waals surface area contributed by atoms with E-state index in [1.807, 2.05) is 36.4 Å². The van der Waals surface area contributed by atoms with Gasteiger partial charge in [0.25, 0.3) is 0 Å². The fraction of sp³-hybridized carbons (Fsp3) is 0.519. The lowest BCUT2D eigenvalue weighted by atomic mass is 9.73. The lowest BCUT2D eigenvalue weighted by molar-refractivity contribution is -0.123. The Bertz CT molecular complexity index is 1010. The molecule has 0 bridgehead atoms. The number of halogens is 1. The minimum absolute atomic E-state index is 0.0249. The Hall–Kier alpha value is -2.40. The highest BCUT2D eigenvalue weighted by atomic mass is 35.5. The van der Waals surface area contributed by atoms with E-state index >= 15 is 0 Å². The molecule has 0 unspecified atom stereocenters. The van der Waals surface area contributed by atoms with Crippen LogP contribution in [0.5, 0.6) is 17.2 Å². The second-order valence-electron chi connectivity index (χ2n) is 9.62. The molecule has 1 spiro atoms. The van der Waals surface area contributed by atoms with Gasteiger partial charge in [-0.15, -0.1) is 0 Å². The van der Waals surface area contributed by atoms with Gasteiger partial charge in [0.05, 0.1) is 19.3 Å². The molecule has 2 aromatic rings. The van der Waals surface area contributed by atoms with Gasteiger partial charge in [-0.3, -0.25) is 4.79 Å². The minimum atomic E-state index is -0.145. The van der Waals surface area contributed by atoms with E-state index in [9.17, 15) is 4.79 Å². The molecule has 0 saturated heterocycles. The van der Waals surface area contributed by atoms with E-state index in [0.29, 0.717) is 17.9 Å². The molecule has 2 fully saturated rings. The van der Waals surface area contributed by atoms with Crippen molar-refractivity contribution in [3.8, 4) is 17.2 Å². The van der Waals surface area contributed by atoms with E-state index in [1.54, 1.807) is 7.11 Å². The third kappa shape index (κ3) is 4.79. The van der Waals surface area contributed by atoms with Crippen LogP contribution in [0.15, 0.2) is 36.4 Å². The lowest BCUT2D eigenvalue weighted by Gasteiger charge is -2.48. The highest BCUT2D eigenvalue weighted by Crippen LogP contribution is 2.49. The number of para-hydroxylation sites is 1. The summed E-state index contributed by atoms with van der Waals surface area (Å²) in [5.74, 6) is 2.39. The largest absolute Gasteiger partial charge is 0.493 e. The number of benzene rings is 2. The van der Waals surface area contributed by atoms with Crippen LogP contribution in [-0.4, -0.2) is 24.7 Å². The summed E-state index contributed by atoms with van der Waals surface area (Å²) in [5.41, 5.74) is 1.84. The van der Waals surface area contributed by atoms with Crippen molar-refractivity contribution >= 4 is 17.5 Å². The standard InChI is InChI=1S/C27H32ClNO4/c1-31-24-9-4-6-18(26(24)32-20-7-2-3-8-20)10-13-25(30)29-22-17-27(14-5-15-27)33-23-12-11-19(28)16-21(22)23/h4,6,9,11-12,16,20,22H,2-3,5,7-8,10,13-15,17H2,1H3,(H,29,30)/t22-/m1/s1. The summed E-state index contributed by atoms with van der Waals surface area (Å²) >= 11 is 6.26. The van der Waals surface area contributed by atoms with Crippen molar-refractivity contribution in [2.45, 2.75) is 82.0 Å². The molecule has 2 aromatic carbocycles. The number of hydrogen-bond donors (Lipinski definition) is 1. The van der Waals surface area contributed by atoms with Gasteiger partial charge in [0.2, 0.25) is 5.91 Å². The maximum atomic E-state index is 13.1. The predicted molar refractivity (Wildman–Crippen MR) is 128 cm³/mol. The van der Waals surface area contributed by atoms with Gasteiger partial charge in [-0.2, -0.15) is 0 Å². The number of ether oxygens (including phenoxy) is 3. The van der Waals surface area contributed by atoms with Crippen LogP contribution in [-0.2, 0) is 11.2 Å². The normalized spacial score (nSPS) is 21.1. The van der Waals surface area contributed by atoms with Crippen molar-refractivity contribution in [2.24, 2.45) is 0 Å². The molecule has 0 radical (unpaired) electrons. The maximum absolute atomic E-state index is 13.1. The smallest absolute Gasteiger partial charge is 0.220 e. The number of aryl methyl sites for hydroxylation is 1. The van der Waals surface area contributed by atoms with E-state index in [1.165, 1.54) is 19.3 Å². The number of methoxy groups -OCH3 is 1. The molecule has 1 heterocycles. The van der Waals surface area contributed by atoms with E-state index in [4.69, 9.17) is 25.8 Å². The summed E-state index contributed by atoms with van der Waals surface area (Å²) < 4.78 is 18.2. The van der Waals surface area contributed by atoms with Crippen LogP contribution in [0.4, 0.5) is 0 Å². The van der Waals surface area contributed by atoms with Crippen LogP contribution in [0.1, 0.15) is 75.0 Å². The minimum Gasteiger partial charge on any atom is -0.493 e. The lowest BCUT2D eigenvalue weighted by Crippen LogP contribution is -2.49. The number of carbonyl (C=O) groups is 1. The van der Waals surface area contributed by atoms with Crippen LogP contribution >= 0.6 is 11.6 Å². The van der Waals surface area contributed by atoms with Gasteiger partial charge in [0.1, 0.15) is 11.4 Å². The van der Waals surface area contributed by atoms with E-state index in [-0.39, 0.29) is 23.7 Å². The van der Waals surface area contributed by atoms with Gasteiger partial charge in [0.15, 0.2) is 11.5 Å². The van der Waals surface area contributed by atoms with Crippen molar-refractivity contribution in [3.05, 3.63) is 52.5 Å². The molecule has 5 nitrogen and oxygen atoms in total. The van der Waals surface area contributed by atoms with Crippen molar-refractivity contribution in [1.82, 2.24) is 5.32 Å². The first-order valence-corrected chi connectivity index (χ1v) is 12.5. The summed E-state index contributed by atoms with van der Waals surface area (Å²) in [6.45, 7) is 0. The van der Waals surface area contributed by atoms with Crippen molar-refractivity contribution in [3.63, 3.8) is 0 Å². The molecule has 5 rings (SSSR count). The third-order valence-corrected chi connectivity index (χ3v) is 7.57. The topological polar surface area (TPSA) is 56.8 Å². The highest BCUT2D eigenvalue weighted by molar-refractivity contribution is 6.30. The zero-order valence-electron chi connectivity index (χ0n) is 19.2. The zero-order valence-corrected chi connectivity index (χ0v) is 20.0. The van der Waals surface area contributed by atoms with E-state index < -0.39 is 0 Å². The second kappa shape index (κ2) is 9.46. The first kappa shape index (κ1) is 22.4.